The summed E-state index contributed by atoms with van der Waals surface area (Å²) in [4.78, 5) is 24.5. The van der Waals surface area contributed by atoms with Crippen LogP contribution in [-0.4, -0.2) is 29.3 Å². The molecule has 170 valence electrons. The molecule has 0 bridgehead atoms. The number of carbonyl (C=O) groups is 1. The lowest BCUT2D eigenvalue weighted by molar-refractivity contribution is 0.0697. The molecule has 0 amide bonds. The summed E-state index contributed by atoms with van der Waals surface area (Å²) in [5.41, 5.74) is 1.33. The molecule has 4 aromatic rings. The highest BCUT2D eigenvalue weighted by Crippen LogP contribution is 2.33. The van der Waals surface area contributed by atoms with Crippen LogP contribution in [-0.2, 0) is 6.54 Å². The zero-order valence-electron chi connectivity index (χ0n) is 18.2. The van der Waals surface area contributed by atoms with Gasteiger partial charge in [0, 0.05) is 35.1 Å². The number of nitriles is 1. The summed E-state index contributed by atoms with van der Waals surface area (Å²) in [5, 5.41) is 23.1. The summed E-state index contributed by atoms with van der Waals surface area (Å²) in [7, 11) is 1.50. The number of hydrogen-bond donors (Lipinski definition) is 2. The van der Waals surface area contributed by atoms with E-state index in [1.165, 1.54) is 35.9 Å². The molecule has 8 heteroatoms. The largest absolute Gasteiger partial charge is 0.497 e. The minimum absolute atomic E-state index is 0.0949. The van der Waals surface area contributed by atoms with Crippen LogP contribution in [0, 0.1) is 17.1 Å². The second-order valence-electron chi connectivity index (χ2n) is 7.53. The van der Waals surface area contributed by atoms with Crippen molar-refractivity contribution in [1.82, 2.24) is 4.57 Å². The Morgan fingerprint density at radius 1 is 1.12 bits per heavy atom. The molecule has 0 fully saturated rings. The Balaban J connectivity index is 1.81. The molecule has 0 aliphatic carbocycles. The van der Waals surface area contributed by atoms with Gasteiger partial charge < -0.3 is 15.2 Å². The first kappa shape index (κ1) is 22.6. The number of aromatic carboxylic acids is 1. The summed E-state index contributed by atoms with van der Waals surface area (Å²) < 4.78 is 20.7. The number of carboxylic acids is 1. The molecule has 0 atom stereocenters. The lowest BCUT2D eigenvalue weighted by Gasteiger charge is -2.17. The van der Waals surface area contributed by atoms with E-state index in [2.05, 4.69) is 11.4 Å². The highest BCUT2D eigenvalue weighted by atomic mass is 19.1. The second kappa shape index (κ2) is 9.46. The summed E-state index contributed by atoms with van der Waals surface area (Å²) >= 11 is 0. The van der Waals surface area contributed by atoms with Crippen LogP contribution in [0.25, 0.3) is 21.9 Å². The molecule has 0 saturated carbocycles. The summed E-state index contributed by atoms with van der Waals surface area (Å²) in [6.07, 6.45) is 0. The number of rotatable bonds is 7. The van der Waals surface area contributed by atoms with Gasteiger partial charge in [-0.05, 0) is 54.1 Å². The zero-order valence-corrected chi connectivity index (χ0v) is 18.2. The average molecular weight is 457 g/mol. The summed E-state index contributed by atoms with van der Waals surface area (Å²) in [5.74, 6) is -1.00. The smallest absolute Gasteiger partial charge is 0.335 e. The number of hydrogen-bond acceptors (Lipinski definition) is 5. The molecular weight excluding hydrogens is 437 g/mol. The van der Waals surface area contributed by atoms with Crippen LogP contribution in [0.4, 0.5) is 10.1 Å². The highest BCUT2D eigenvalue weighted by molar-refractivity contribution is 5.99. The fourth-order valence-electron chi connectivity index (χ4n) is 3.89. The third-order valence-electron chi connectivity index (χ3n) is 5.47. The molecule has 34 heavy (non-hydrogen) atoms. The minimum atomic E-state index is -1.05. The summed E-state index contributed by atoms with van der Waals surface area (Å²) in [6, 6.07) is 19.2. The lowest BCUT2D eigenvalue weighted by atomic mass is 9.96. The number of carboxylic acid groups (broad SMARTS) is 1. The van der Waals surface area contributed by atoms with Crippen molar-refractivity contribution < 1.29 is 19.0 Å². The fourth-order valence-corrected chi connectivity index (χ4v) is 3.89. The van der Waals surface area contributed by atoms with E-state index in [9.17, 15) is 19.2 Å². The maximum Gasteiger partial charge on any atom is 0.335 e. The quantitative estimate of drug-likeness (QED) is 0.424. The zero-order chi connectivity index (χ0) is 24.2. The first-order valence-electron chi connectivity index (χ1n) is 10.4. The lowest BCUT2D eigenvalue weighted by Crippen LogP contribution is -2.27. The van der Waals surface area contributed by atoms with E-state index in [1.54, 1.807) is 42.5 Å². The molecule has 1 heterocycles. The number of ether oxygens (including phenoxy) is 1. The molecule has 0 aliphatic rings. The predicted molar refractivity (Wildman–Crippen MR) is 127 cm³/mol. The van der Waals surface area contributed by atoms with Crippen LogP contribution in [0.15, 0.2) is 71.5 Å². The van der Waals surface area contributed by atoms with Gasteiger partial charge in [0.05, 0.1) is 12.7 Å². The van der Waals surface area contributed by atoms with Gasteiger partial charge >= 0.3 is 5.97 Å². The molecule has 7 nitrogen and oxygen atoms in total. The number of nitrogens with one attached hydrogen (secondary N) is 1. The van der Waals surface area contributed by atoms with Crippen molar-refractivity contribution in [3.05, 3.63) is 94.2 Å². The average Bonchev–Trinajstić information content (AvgIpc) is 2.84. The molecule has 2 N–H and O–H groups in total. The third kappa shape index (κ3) is 4.32. The van der Waals surface area contributed by atoms with Crippen LogP contribution in [0.5, 0.6) is 5.75 Å². The number of pyridine rings is 1. The van der Waals surface area contributed by atoms with Crippen LogP contribution < -0.4 is 15.6 Å². The van der Waals surface area contributed by atoms with Gasteiger partial charge in [-0.1, -0.05) is 18.2 Å². The van der Waals surface area contributed by atoms with Crippen LogP contribution >= 0.6 is 0 Å². The molecule has 3 aromatic carbocycles. The maximum atomic E-state index is 14.1. The predicted octanol–water partition coefficient (Wildman–Crippen LogP) is 4.50. The normalized spacial score (nSPS) is 10.6. The van der Waals surface area contributed by atoms with Gasteiger partial charge in [0.15, 0.2) is 0 Å². The van der Waals surface area contributed by atoms with Gasteiger partial charge in [0.1, 0.15) is 23.3 Å². The van der Waals surface area contributed by atoms with Gasteiger partial charge in [-0.15, -0.1) is 0 Å². The molecule has 1 aromatic heterocycles. The van der Waals surface area contributed by atoms with E-state index >= 15 is 0 Å². The highest BCUT2D eigenvalue weighted by Gasteiger charge is 2.19. The number of aromatic nitrogens is 1. The maximum absolute atomic E-state index is 14.1. The van der Waals surface area contributed by atoms with Gasteiger partial charge in [-0.3, -0.25) is 9.36 Å². The van der Waals surface area contributed by atoms with Gasteiger partial charge in [0.25, 0.3) is 5.56 Å². The molecule has 0 aliphatic heterocycles. The van der Waals surface area contributed by atoms with Crippen molar-refractivity contribution >= 4 is 22.4 Å². The Labute approximate surface area is 194 Å². The van der Waals surface area contributed by atoms with E-state index in [-0.39, 0.29) is 29.9 Å². The first-order valence-corrected chi connectivity index (χ1v) is 10.4. The number of nitrogens with zero attached hydrogens (tertiary/aromatic N) is 2. The molecule has 0 saturated heterocycles. The van der Waals surface area contributed by atoms with Crippen molar-refractivity contribution in [2.45, 2.75) is 6.54 Å². The molecule has 0 radical (unpaired) electrons. The Hall–Kier alpha value is -4.64. The molecule has 0 unspecified atom stereocenters. The number of halogens is 1. The van der Waals surface area contributed by atoms with E-state index in [0.717, 1.165) is 0 Å². The molecule has 0 spiro atoms. The monoisotopic (exact) mass is 457 g/mol. The third-order valence-corrected chi connectivity index (χ3v) is 5.47. The van der Waals surface area contributed by atoms with Crippen molar-refractivity contribution in [1.29, 1.82) is 5.26 Å². The van der Waals surface area contributed by atoms with Crippen molar-refractivity contribution in [3.8, 4) is 22.9 Å². The van der Waals surface area contributed by atoms with E-state index < -0.39 is 11.8 Å². The standard InChI is InChI=1S/C26H20FN3O4/c1-34-20-8-9-21-22(14-20)24(16-4-2-6-18(27)12-16)23(15-28)30(25(21)31)11-10-29-19-7-3-5-17(13-19)26(32)33/h2-9,12-14,29H,10-11H2,1H3,(H,32,33). The SMILES string of the molecule is COc1ccc2c(=O)n(CCNc3cccc(C(=O)O)c3)c(C#N)c(-c3cccc(F)c3)c2c1. The Morgan fingerprint density at radius 2 is 1.91 bits per heavy atom. The van der Waals surface area contributed by atoms with Crippen LogP contribution in [0.1, 0.15) is 16.1 Å². The van der Waals surface area contributed by atoms with Crippen molar-refractivity contribution in [3.63, 3.8) is 0 Å². The van der Waals surface area contributed by atoms with Crippen molar-refractivity contribution in [2.75, 3.05) is 19.0 Å². The summed E-state index contributed by atoms with van der Waals surface area (Å²) in [6.45, 7) is 0.380. The number of anilines is 1. The van der Waals surface area contributed by atoms with Gasteiger partial charge in [-0.2, -0.15) is 5.26 Å². The Morgan fingerprint density at radius 3 is 2.62 bits per heavy atom. The number of fused-ring (bicyclic) bond motifs is 1. The van der Waals surface area contributed by atoms with E-state index in [1.807, 2.05) is 0 Å². The van der Waals surface area contributed by atoms with E-state index in [0.29, 0.717) is 33.3 Å². The molecule has 4 rings (SSSR count). The minimum Gasteiger partial charge on any atom is -0.497 e. The molecular formula is C26H20FN3O4. The van der Waals surface area contributed by atoms with Gasteiger partial charge in [-0.25, -0.2) is 9.18 Å². The van der Waals surface area contributed by atoms with Gasteiger partial charge in [0.2, 0.25) is 0 Å². The Bertz CT molecular complexity index is 1500. The topological polar surface area (TPSA) is 104 Å². The van der Waals surface area contributed by atoms with Crippen molar-refractivity contribution in [2.24, 2.45) is 0 Å². The number of benzene rings is 3. The van der Waals surface area contributed by atoms with Crippen LogP contribution in [0.3, 0.4) is 0 Å². The fraction of sp³-hybridized carbons (Fsp3) is 0.115. The van der Waals surface area contributed by atoms with E-state index in [4.69, 9.17) is 9.84 Å². The van der Waals surface area contributed by atoms with Crippen LogP contribution in [0.2, 0.25) is 0 Å². The Kier molecular flexibility index (Phi) is 6.28. The number of methoxy groups -OCH3 is 1. The first-order chi connectivity index (χ1) is 16.4. The second-order valence-corrected chi connectivity index (χ2v) is 7.53.